The van der Waals surface area contributed by atoms with Crippen LogP contribution >= 0.6 is 0 Å². The molecule has 26 heavy (non-hydrogen) atoms. The lowest BCUT2D eigenvalue weighted by Gasteiger charge is -2.35. The summed E-state index contributed by atoms with van der Waals surface area (Å²) in [6.45, 7) is 0.832. The Morgan fingerprint density at radius 3 is 2.35 bits per heavy atom. The van der Waals surface area contributed by atoms with Crippen molar-refractivity contribution in [2.75, 3.05) is 43.4 Å². The number of hydrogen-bond donors (Lipinski definition) is 1. The van der Waals surface area contributed by atoms with Crippen molar-refractivity contribution >= 4 is 17.3 Å². The van der Waals surface area contributed by atoms with E-state index in [-0.39, 0.29) is 11.7 Å². The third-order valence-electron chi connectivity index (χ3n) is 4.34. The summed E-state index contributed by atoms with van der Waals surface area (Å²) >= 11 is 0. The van der Waals surface area contributed by atoms with Gasteiger partial charge >= 0.3 is 6.61 Å². The van der Waals surface area contributed by atoms with Gasteiger partial charge in [0.15, 0.2) is 0 Å². The number of para-hydroxylation sites is 2. The number of benzene rings is 2. The van der Waals surface area contributed by atoms with E-state index < -0.39 is 6.61 Å². The molecule has 138 valence electrons. The molecule has 0 saturated carbocycles. The van der Waals surface area contributed by atoms with Crippen molar-refractivity contribution in [3.05, 3.63) is 54.1 Å². The minimum absolute atomic E-state index is 0.0226. The van der Waals surface area contributed by atoms with Crippen LogP contribution < -0.4 is 15.0 Å². The average Bonchev–Trinajstić information content (AvgIpc) is 2.63. The van der Waals surface area contributed by atoms with Gasteiger partial charge < -0.3 is 19.9 Å². The number of carbonyl (C=O) groups excluding carboxylic acids is 1. The van der Waals surface area contributed by atoms with E-state index in [1.807, 2.05) is 24.3 Å². The fraction of sp³-hybridized carbons (Fsp3) is 0.316. The van der Waals surface area contributed by atoms with Gasteiger partial charge in [-0.25, -0.2) is 0 Å². The molecular weight excluding hydrogens is 340 g/mol. The summed E-state index contributed by atoms with van der Waals surface area (Å²) < 4.78 is 28.7. The van der Waals surface area contributed by atoms with Crippen molar-refractivity contribution in [1.82, 2.24) is 4.90 Å². The van der Waals surface area contributed by atoms with E-state index in [2.05, 4.69) is 26.9 Å². The van der Waals surface area contributed by atoms with Gasteiger partial charge in [-0.05, 0) is 43.4 Å². The molecule has 1 saturated heterocycles. The molecular formula is C19H21F2N3O2. The smallest absolute Gasteiger partial charge is 0.387 e. The van der Waals surface area contributed by atoms with Gasteiger partial charge in [0.1, 0.15) is 5.75 Å². The van der Waals surface area contributed by atoms with Crippen molar-refractivity contribution in [3.63, 3.8) is 0 Å². The van der Waals surface area contributed by atoms with Crippen molar-refractivity contribution < 1.29 is 18.3 Å². The van der Waals surface area contributed by atoms with Crippen LogP contribution in [0.1, 0.15) is 10.4 Å². The number of alkyl halides is 2. The monoisotopic (exact) mass is 361 g/mol. The molecule has 3 rings (SSSR count). The van der Waals surface area contributed by atoms with Gasteiger partial charge in [-0.2, -0.15) is 8.78 Å². The number of nitrogens with zero attached hydrogens (tertiary/aromatic N) is 2. The second-order valence-electron chi connectivity index (χ2n) is 6.16. The molecule has 1 aliphatic rings. The highest BCUT2D eigenvalue weighted by molar-refractivity contribution is 6.06. The summed E-state index contributed by atoms with van der Waals surface area (Å²) in [5, 5.41) is 2.91. The van der Waals surface area contributed by atoms with E-state index in [1.165, 1.54) is 24.3 Å². The molecule has 1 fully saturated rings. The van der Waals surface area contributed by atoms with E-state index >= 15 is 0 Å². The topological polar surface area (TPSA) is 44.8 Å². The minimum Gasteiger partial charge on any atom is -0.435 e. The number of hydrogen-bond acceptors (Lipinski definition) is 4. The Kier molecular flexibility index (Phi) is 5.68. The minimum atomic E-state index is -2.88. The van der Waals surface area contributed by atoms with Crippen LogP contribution in [-0.4, -0.2) is 50.6 Å². The molecule has 0 spiro atoms. The van der Waals surface area contributed by atoms with Crippen LogP contribution in [0, 0.1) is 0 Å². The summed E-state index contributed by atoms with van der Waals surface area (Å²) in [4.78, 5) is 17.0. The molecule has 0 bridgehead atoms. The Morgan fingerprint density at radius 1 is 1.04 bits per heavy atom. The second-order valence-corrected chi connectivity index (χ2v) is 6.16. The first-order chi connectivity index (χ1) is 12.5. The van der Waals surface area contributed by atoms with Gasteiger partial charge in [0, 0.05) is 31.7 Å². The van der Waals surface area contributed by atoms with Crippen molar-refractivity contribution in [1.29, 1.82) is 0 Å². The maximum Gasteiger partial charge on any atom is 0.387 e. The van der Waals surface area contributed by atoms with Crippen LogP contribution in [0.2, 0.25) is 0 Å². The predicted octanol–water partition coefficient (Wildman–Crippen LogP) is 3.29. The molecule has 2 aromatic rings. The molecule has 1 heterocycles. The quantitative estimate of drug-likeness (QED) is 0.888. The maximum atomic E-state index is 12.5. The lowest BCUT2D eigenvalue weighted by molar-refractivity contribution is -0.0498. The Morgan fingerprint density at radius 2 is 1.69 bits per heavy atom. The van der Waals surface area contributed by atoms with Crippen LogP contribution in [0.4, 0.5) is 20.2 Å². The number of amides is 1. The highest BCUT2D eigenvalue weighted by Gasteiger charge is 2.18. The largest absolute Gasteiger partial charge is 0.435 e. The number of ether oxygens (including phenoxy) is 1. The molecule has 1 N–H and O–H groups in total. The Bertz CT molecular complexity index is 745. The molecule has 0 unspecified atom stereocenters. The molecule has 0 atom stereocenters. The summed E-state index contributed by atoms with van der Waals surface area (Å²) in [5.41, 5.74) is 2.08. The number of halogens is 2. The summed E-state index contributed by atoms with van der Waals surface area (Å²) in [6, 6.07) is 13.3. The third kappa shape index (κ3) is 4.49. The third-order valence-corrected chi connectivity index (χ3v) is 4.34. The number of nitrogens with one attached hydrogen (secondary N) is 1. The SMILES string of the molecule is CN1CCN(c2ccccc2NC(=O)c2ccc(OC(F)F)cc2)CC1. The predicted molar refractivity (Wildman–Crippen MR) is 97.2 cm³/mol. The first-order valence-electron chi connectivity index (χ1n) is 8.41. The Balaban J connectivity index is 1.71. The Hall–Kier alpha value is -2.67. The molecule has 0 radical (unpaired) electrons. The fourth-order valence-corrected chi connectivity index (χ4v) is 2.88. The van der Waals surface area contributed by atoms with E-state index in [1.54, 1.807) is 0 Å². The number of carbonyl (C=O) groups is 1. The van der Waals surface area contributed by atoms with Gasteiger partial charge in [0.05, 0.1) is 11.4 Å². The van der Waals surface area contributed by atoms with Gasteiger partial charge in [0.25, 0.3) is 5.91 Å². The molecule has 2 aromatic carbocycles. The molecule has 1 amide bonds. The lowest BCUT2D eigenvalue weighted by Crippen LogP contribution is -2.44. The zero-order valence-electron chi connectivity index (χ0n) is 14.5. The zero-order chi connectivity index (χ0) is 18.5. The molecule has 0 aliphatic carbocycles. The summed E-state index contributed by atoms with van der Waals surface area (Å²) in [5.74, 6) is -0.274. The van der Waals surface area contributed by atoms with Crippen LogP contribution in [0.5, 0.6) is 5.75 Å². The highest BCUT2D eigenvalue weighted by Crippen LogP contribution is 2.27. The van der Waals surface area contributed by atoms with E-state index in [4.69, 9.17) is 0 Å². The molecule has 5 nitrogen and oxygen atoms in total. The Labute approximate surface area is 151 Å². The maximum absolute atomic E-state index is 12.5. The van der Waals surface area contributed by atoms with Gasteiger partial charge in [-0.1, -0.05) is 12.1 Å². The van der Waals surface area contributed by atoms with Crippen molar-refractivity contribution in [2.24, 2.45) is 0 Å². The highest BCUT2D eigenvalue weighted by atomic mass is 19.3. The zero-order valence-corrected chi connectivity index (χ0v) is 14.5. The van der Waals surface area contributed by atoms with Gasteiger partial charge in [0.2, 0.25) is 0 Å². The summed E-state index contributed by atoms with van der Waals surface area (Å²) in [6.07, 6.45) is 0. The average molecular weight is 361 g/mol. The number of piperazine rings is 1. The fourth-order valence-electron chi connectivity index (χ4n) is 2.88. The van der Waals surface area contributed by atoms with Crippen LogP contribution in [-0.2, 0) is 0 Å². The van der Waals surface area contributed by atoms with Crippen LogP contribution in [0.15, 0.2) is 48.5 Å². The van der Waals surface area contributed by atoms with Crippen LogP contribution in [0.25, 0.3) is 0 Å². The van der Waals surface area contributed by atoms with Crippen molar-refractivity contribution in [2.45, 2.75) is 6.61 Å². The first kappa shape index (κ1) is 18.1. The van der Waals surface area contributed by atoms with Gasteiger partial charge in [-0.3, -0.25) is 4.79 Å². The van der Waals surface area contributed by atoms with Crippen LogP contribution in [0.3, 0.4) is 0 Å². The van der Waals surface area contributed by atoms with Crippen molar-refractivity contribution in [3.8, 4) is 5.75 Å². The lowest BCUT2D eigenvalue weighted by atomic mass is 10.1. The molecule has 0 aromatic heterocycles. The number of anilines is 2. The van der Waals surface area contributed by atoms with E-state index in [0.717, 1.165) is 37.6 Å². The van der Waals surface area contributed by atoms with Gasteiger partial charge in [-0.15, -0.1) is 0 Å². The first-order valence-corrected chi connectivity index (χ1v) is 8.41. The normalized spacial score (nSPS) is 15.2. The molecule has 7 heteroatoms. The summed E-state index contributed by atoms with van der Waals surface area (Å²) in [7, 11) is 2.09. The number of likely N-dealkylation sites (N-methyl/N-ethyl adjacent to an activating group) is 1. The number of rotatable bonds is 5. The van der Waals surface area contributed by atoms with E-state index in [9.17, 15) is 13.6 Å². The van der Waals surface area contributed by atoms with E-state index in [0.29, 0.717) is 5.56 Å². The standard InChI is InChI=1S/C19H21F2N3O2/c1-23-10-12-24(13-11-23)17-5-3-2-4-16(17)22-18(25)14-6-8-15(9-7-14)26-19(20)21/h2-9,19H,10-13H2,1H3,(H,22,25). The second kappa shape index (κ2) is 8.14. The molecule has 1 aliphatic heterocycles.